The lowest BCUT2D eigenvalue weighted by Gasteiger charge is -2.24. The molecule has 1 rings (SSSR count). The van der Waals surface area contributed by atoms with E-state index in [1.807, 2.05) is 11.8 Å². The molecule has 1 aromatic rings. The molecule has 1 atom stereocenters. The Kier molecular flexibility index (Phi) is 8.83. The van der Waals surface area contributed by atoms with Crippen molar-refractivity contribution in [2.24, 2.45) is 0 Å². The van der Waals surface area contributed by atoms with E-state index in [0.717, 1.165) is 32.2 Å². The largest absolute Gasteiger partial charge is 0.374 e. The molecule has 0 saturated heterocycles. The number of carbonyl (C=O) groups is 2. The van der Waals surface area contributed by atoms with Crippen LogP contribution >= 0.6 is 0 Å². The molecule has 1 amide bonds. The molecular formula is C18H28FN3O2. The molecule has 0 heterocycles. The lowest BCUT2D eigenvalue weighted by atomic mass is 10.1. The predicted molar refractivity (Wildman–Crippen MR) is 96.0 cm³/mol. The van der Waals surface area contributed by atoms with Gasteiger partial charge in [-0.25, -0.2) is 4.39 Å². The Morgan fingerprint density at radius 2 is 2.12 bits per heavy atom. The highest BCUT2D eigenvalue weighted by molar-refractivity contribution is 5.84. The second-order valence-electron chi connectivity index (χ2n) is 5.65. The second kappa shape index (κ2) is 10.6. The topological polar surface area (TPSA) is 61.4 Å². The van der Waals surface area contributed by atoms with Gasteiger partial charge in [-0.1, -0.05) is 13.3 Å². The first-order chi connectivity index (χ1) is 11.6. The first kappa shape index (κ1) is 19.9. The number of aldehydes is 1. The minimum Gasteiger partial charge on any atom is -0.374 e. The molecule has 1 aromatic carbocycles. The summed E-state index contributed by atoms with van der Waals surface area (Å²) in [6.07, 6.45) is 3.48. The predicted octanol–water partition coefficient (Wildman–Crippen LogP) is 2.96. The number of nitrogens with one attached hydrogen (secondary N) is 2. The van der Waals surface area contributed by atoms with Gasteiger partial charge in [0.1, 0.15) is 18.1 Å². The van der Waals surface area contributed by atoms with Crippen molar-refractivity contribution in [3.05, 3.63) is 24.0 Å². The molecule has 0 spiro atoms. The van der Waals surface area contributed by atoms with E-state index in [-0.39, 0.29) is 18.1 Å². The molecule has 2 N–H and O–H groups in total. The van der Waals surface area contributed by atoms with Gasteiger partial charge in [-0.05, 0) is 38.0 Å². The third-order valence-corrected chi connectivity index (χ3v) is 3.93. The van der Waals surface area contributed by atoms with Gasteiger partial charge in [-0.3, -0.25) is 4.79 Å². The third-order valence-electron chi connectivity index (χ3n) is 3.93. The molecule has 0 aliphatic heterocycles. The lowest BCUT2D eigenvalue weighted by Crippen LogP contribution is -2.37. The Bertz CT molecular complexity index is 537. The number of rotatable bonds is 11. The zero-order valence-electron chi connectivity index (χ0n) is 14.8. The summed E-state index contributed by atoms with van der Waals surface area (Å²) in [5, 5.41) is 5.55. The van der Waals surface area contributed by atoms with E-state index < -0.39 is 6.04 Å². The molecule has 0 saturated carbocycles. The van der Waals surface area contributed by atoms with Crippen LogP contribution in [0.3, 0.4) is 0 Å². The summed E-state index contributed by atoms with van der Waals surface area (Å²) < 4.78 is 14.5. The normalized spacial score (nSPS) is 11.7. The monoisotopic (exact) mass is 337 g/mol. The van der Waals surface area contributed by atoms with Crippen LogP contribution in [-0.2, 0) is 9.59 Å². The number of halogens is 1. The lowest BCUT2D eigenvalue weighted by molar-refractivity contribution is -0.121. The number of nitrogens with zero attached hydrogens (tertiary/aromatic N) is 1. The van der Waals surface area contributed by atoms with Crippen LogP contribution in [0.1, 0.15) is 39.5 Å². The first-order valence-electron chi connectivity index (χ1n) is 8.53. The molecule has 6 heteroatoms. The molecule has 134 valence electrons. The summed E-state index contributed by atoms with van der Waals surface area (Å²) in [5.41, 5.74) is 1.10. The summed E-state index contributed by atoms with van der Waals surface area (Å²) in [6.45, 7) is 5.67. The van der Waals surface area contributed by atoms with Crippen molar-refractivity contribution >= 4 is 23.6 Å². The van der Waals surface area contributed by atoms with E-state index in [1.54, 1.807) is 12.1 Å². The van der Waals surface area contributed by atoms with Crippen molar-refractivity contribution in [2.45, 2.75) is 45.6 Å². The van der Waals surface area contributed by atoms with Crippen molar-refractivity contribution in [1.29, 1.82) is 0 Å². The van der Waals surface area contributed by atoms with Crippen LogP contribution in [0.15, 0.2) is 18.2 Å². The SMILES string of the molecule is CCCCN(CC)c1ccc(NC(CCC=O)C(=O)NC)cc1F. The van der Waals surface area contributed by atoms with Crippen LogP contribution < -0.4 is 15.5 Å². The number of unbranched alkanes of at least 4 members (excludes halogenated alkanes) is 1. The average Bonchev–Trinajstić information content (AvgIpc) is 2.59. The molecule has 0 aliphatic carbocycles. The second-order valence-corrected chi connectivity index (χ2v) is 5.65. The summed E-state index contributed by atoms with van der Waals surface area (Å²) in [4.78, 5) is 24.4. The standard InChI is InChI=1S/C18H28FN3O2/c1-4-6-11-22(5-2)17-10-9-14(13-15(17)19)21-16(8-7-12-23)18(24)20-3/h9-10,12-13,16,21H,4-8,11H2,1-3H3,(H,20,24). The smallest absolute Gasteiger partial charge is 0.242 e. The molecule has 24 heavy (non-hydrogen) atoms. The molecule has 5 nitrogen and oxygen atoms in total. The van der Waals surface area contributed by atoms with Gasteiger partial charge in [0.15, 0.2) is 0 Å². The van der Waals surface area contributed by atoms with Crippen LogP contribution in [0.2, 0.25) is 0 Å². The number of hydrogen-bond acceptors (Lipinski definition) is 4. The fourth-order valence-electron chi connectivity index (χ4n) is 2.53. The Morgan fingerprint density at radius 3 is 2.67 bits per heavy atom. The summed E-state index contributed by atoms with van der Waals surface area (Å²) in [7, 11) is 1.54. The van der Waals surface area contributed by atoms with E-state index >= 15 is 0 Å². The Balaban J connectivity index is 2.87. The zero-order valence-corrected chi connectivity index (χ0v) is 14.8. The molecule has 0 bridgehead atoms. The first-order valence-corrected chi connectivity index (χ1v) is 8.53. The maximum absolute atomic E-state index is 14.5. The quantitative estimate of drug-likeness (QED) is 0.610. The Morgan fingerprint density at radius 1 is 1.38 bits per heavy atom. The van der Waals surface area contributed by atoms with Crippen molar-refractivity contribution in [2.75, 3.05) is 30.4 Å². The molecule has 0 fully saturated rings. The number of hydrogen-bond donors (Lipinski definition) is 2. The fraction of sp³-hybridized carbons (Fsp3) is 0.556. The summed E-state index contributed by atoms with van der Waals surface area (Å²) >= 11 is 0. The fourth-order valence-corrected chi connectivity index (χ4v) is 2.53. The van der Waals surface area contributed by atoms with Gasteiger partial charge in [0.25, 0.3) is 0 Å². The number of benzene rings is 1. The molecular weight excluding hydrogens is 309 g/mol. The summed E-state index contributed by atoms with van der Waals surface area (Å²) in [5.74, 6) is -0.538. The Labute approximate surface area is 143 Å². The third kappa shape index (κ3) is 5.83. The van der Waals surface area contributed by atoms with Crippen LogP contribution in [0.25, 0.3) is 0 Å². The average molecular weight is 337 g/mol. The van der Waals surface area contributed by atoms with Gasteiger partial charge in [0.2, 0.25) is 5.91 Å². The molecule has 1 unspecified atom stereocenters. The highest BCUT2D eigenvalue weighted by atomic mass is 19.1. The van der Waals surface area contributed by atoms with Crippen LogP contribution in [0, 0.1) is 5.82 Å². The maximum Gasteiger partial charge on any atom is 0.242 e. The van der Waals surface area contributed by atoms with Gasteiger partial charge in [-0.2, -0.15) is 0 Å². The zero-order chi connectivity index (χ0) is 17.9. The molecule has 0 aromatic heterocycles. The van der Waals surface area contributed by atoms with E-state index in [2.05, 4.69) is 17.6 Å². The van der Waals surface area contributed by atoms with E-state index in [9.17, 15) is 14.0 Å². The van der Waals surface area contributed by atoms with Gasteiger partial charge in [0.05, 0.1) is 5.69 Å². The number of amides is 1. The van der Waals surface area contributed by atoms with E-state index in [4.69, 9.17) is 0 Å². The molecule has 0 radical (unpaired) electrons. The van der Waals surface area contributed by atoms with Gasteiger partial charge in [-0.15, -0.1) is 0 Å². The highest BCUT2D eigenvalue weighted by Crippen LogP contribution is 2.24. The highest BCUT2D eigenvalue weighted by Gasteiger charge is 2.17. The summed E-state index contributed by atoms with van der Waals surface area (Å²) in [6, 6.07) is 4.34. The van der Waals surface area contributed by atoms with Crippen molar-refractivity contribution < 1.29 is 14.0 Å². The van der Waals surface area contributed by atoms with Crippen molar-refractivity contribution in [3.8, 4) is 0 Å². The number of likely N-dealkylation sites (N-methyl/N-ethyl adjacent to an activating group) is 1. The van der Waals surface area contributed by atoms with E-state index in [1.165, 1.54) is 13.1 Å². The molecule has 0 aliphatic rings. The number of carbonyl (C=O) groups excluding carboxylic acids is 2. The van der Waals surface area contributed by atoms with Crippen LogP contribution in [-0.4, -0.2) is 38.4 Å². The van der Waals surface area contributed by atoms with Crippen LogP contribution in [0.5, 0.6) is 0 Å². The van der Waals surface area contributed by atoms with Gasteiger partial charge >= 0.3 is 0 Å². The minimum absolute atomic E-state index is 0.223. The van der Waals surface area contributed by atoms with E-state index in [0.29, 0.717) is 17.8 Å². The number of anilines is 2. The maximum atomic E-state index is 14.5. The Hall–Kier alpha value is -2.11. The van der Waals surface area contributed by atoms with Crippen molar-refractivity contribution in [3.63, 3.8) is 0 Å². The van der Waals surface area contributed by atoms with Crippen LogP contribution in [0.4, 0.5) is 15.8 Å². The minimum atomic E-state index is -0.562. The van der Waals surface area contributed by atoms with Crippen molar-refractivity contribution in [1.82, 2.24) is 5.32 Å². The van der Waals surface area contributed by atoms with Gasteiger partial charge in [0, 0.05) is 32.2 Å². The van der Waals surface area contributed by atoms with Gasteiger partial charge < -0.3 is 20.3 Å².